The maximum absolute atomic E-state index is 11.1. The van der Waals surface area contributed by atoms with Crippen molar-refractivity contribution in [1.82, 2.24) is 0 Å². The zero-order chi connectivity index (χ0) is 16.9. The second kappa shape index (κ2) is 8.75. The molecule has 2 heterocycles. The number of ether oxygens (including phenoxy) is 2. The third kappa shape index (κ3) is 4.88. The van der Waals surface area contributed by atoms with E-state index < -0.39 is 4.92 Å². The normalized spacial score (nSPS) is 13.5. The highest BCUT2D eigenvalue weighted by Crippen LogP contribution is 2.34. The first-order valence-corrected chi connectivity index (χ1v) is 8.08. The molecule has 3 rings (SSSR count). The molecule has 10 heteroatoms. The second-order valence-electron chi connectivity index (χ2n) is 4.98. The molecule has 1 aliphatic heterocycles. The summed E-state index contributed by atoms with van der Waals surface area (Å²) in [6.07, 6.45) is 1.57. The lowest BCUT2D eigenvalue weighted by Crippen LogP contribution is -2.14. The summed E-state index contributed by atoms with van der Waals surface area (Å²) in [5, 5.41) is 11.4. The fourth-order valence-corrected chi connectivity index (χ4v) is 2.92. The number of amidine groups is 1. The van der Waals surface area contributed by atoms with Gasteiger partial charge >= 0.3 is 0 Å². The monoisotopic (exact) mass is 385 g/mol. The molecule has 134 valence electrons. The van der Waals surface area contributed by atoms with Gasteiger partial charge in [-0.05, 0) is 12.1 Å². The van der Waals surface area contributed by atoms with Gasteiger partial charge in [-0.2, -0.15) is 0 Å². The van der Waals surface area contributed by atoms with Crippen LogP contribution in [0.15, 0.2) is 39.9 Å². The lowest BCUT2D eigenvalue weighted by atomic mass is 10.1. The Kier molecular flexibility index (Phi) is 6.68. The van der Waals surface area contributed by atoms with Crippen LogP contribution in [0.5, 0.6) is 5.75 Å². The summed E-state index contributed by atoms with van der Waals surface area (Å²) >= 11 is 1.29. The number of aliphatic imine (C=N–C) groups is 1. The number of furan rings is 1. The molecule has 1 aromatic heterocycles. The minimum Gasteiger partial charge on any atom is -0.467 e. The standard InChI is InChI=1S/C15H15N3O5S.ClH/c16-15(17-6-13-2-1-3-22-13)24-8-11-5-12(18(19)20)4-10-7-21-9-23-14(10)11;/h1-5H,6-9H2,(H2,16,17);1H. The first-order valence-electron chi connectivity index (χ1n) is 7.09. The zero-order valence-corrected chi connectivity index (χ0v) is 14.7. The van der Waals surface area contributed by atoms with Crippen molar-refractivity contribution in [3.63, 3.8) is 0 Å². The van der Waals surface area contributed by atoms with Gasteiger partial charge in [-0.15, -0.1) is 12.4 Å². The number of thioether (sulfide) groups is 1. The molecule has 0 saturated carbocycles. The summed E-state index contributed by atoms with van der Waals surface area (Å²) < 4.78 is 15.8. The molecule has 2 N–H and O–H groups in total. The molecule has 25 heavy (non-hydrogen) atoms. The smallest absolute Gasteiger partial charge is 0.270 e. The largest absolute Gasteiger partial charge is 0.467 e. The van der Waals surface area contributed by atoms with Crippen molar-refractivity contribution in [3.8, 4) is 5.75 Å². The average molecular weight is 386 g/mol. The topological polar surface area (TPSA) is 113 Å². The summed E-state index contributed by atoms with van der Waals surface area (Å²) in [4.78, 5) is 14.9. The quantitative estimate of drug-likeness (QED) is 0.363. The van der Waals surface area contributed by atoms with E-state index in [1.54, 1.807) is 12.3 Å². The van der Waals surface area contributed by atoms with E-state index in [-0.39, 0.29) is 31.5 Å². The Hall–Kier alpha value is -2.23. The van der Waals surface area contributed by atoms with Crippen LogP contribution in [-0.2, 0) is 23.6 Å². The molecular formula is C15H16ClN3O5S. The van der Waals surface area contributed by atoms with E-state index in [1.807, 2.05) is 6.07 Å². The van der Waals surface area contributed by atoms with Crippen molar-refractivity contribution in [2.45, 2.75) is 18.9 Å². The third-order valence-electron chi connectivity index (χ3n) is 3.33. The minimum absolute atomic E-state index is 0. The number of rotatable bonds is 5. The number of fused-ring (bicyclic) bond motifs is 1. The van der Waals surface area contributed by atoms with Gasteiger partial charge in [0.2, 0.25) is 0 Å². The van der Waals surface area contributed by atoms with E-state index >= 15 is 0 Å². The average Bonchev–Trinajstić information content (AvgIpc) is 3.11. The molecule has 0 radical (unpaired) electrons. The van der Waals surface area contributed by atoms with Crippen LogP contribution in [0.3, 0.4) is 0 Å². The van der Waals surface area contributed by atoms with Gasteiger partial charge in [0.1, 0.15) is 11.5 Å². The Morgan fingerprint density at radius 2 is 2.28 bits per heavy atom. The van der Waals surface area contributed by atoms with Crippen LogP contribution in [-0.4, -0.2) is 16.9 Å². The lowest BCUT2D eigenvalue weighted by molar-refractivity contribution is -0.385. The van der Waals surface area contributed by atoms with Crippen LogP contribution in [0.1, 0.15) is 16.9 Å². The predicted molar refractivity (Wildman–Crippen MR) is 96.0 cm³/mol. The molecule has 8 nitrogen and oxygen atoms in total. The Bertz CT molecular complexity index is 767. The molecule has 2 aromatic rings. The highest BCUT2D eigenvalue weighted by Gasteiger charge is 2.21. The Balaban J connectivity index is 0.00000225. The van der Waals surface area contributed by atoms with Gasteiger partial charge in [0, 0.05) is 29.0 Å². The third-order valence-corrected chi connectivity index (χ3v) is 4.21. The van der Waals surface area contributed by atoms with Crippen molar-refractivity contribution in [1.29, 1.82) is 0 Å². The van der Waals surface area contributed by atoms with Gasteiger partial charge in [0.25, 0.3) is 5.69 Å². The summed E-state index contributed by atoms with van der Waals surface area (Å²) in [6, 6.07) is 6.56. The number of nitrogens with zero attached hydrogens (tertiary/aromatic N) is 2. The zero-order valence-electron chi connectivity index (χ0n) is 13.0. The van der Waals surface area contributed by atoms with Gasteiger partial charge in [-0.1, -0.05) is 11.8 Å². The predicted octanol–water partition coefficient (Wildman–Crippen LogP) is 3.22. The first kappa shape index (κ1) is 19.1. The molecule has 0 bridgehead atoms. The molecule has 0 fully saturated rings. The fourth-order valence-electron chi connectivity index (χ4n) is 2.25. The number of nitrogens with two attached hydrogens (primary N) is 1. The number of hydrogen-bond donors (Lipinski definition) is 1. The van der Waals surface area contributed by atoms with Crippen LogP contribution in [0, 0.1) is 10.1 Å². The number of nitro groups is 1. The summed E-state index contributed by atoms with van der Waals surface area (Å²) in [5.74, 6) is 1.75. The van der Waals surface area contributed by atoms with Crippen molar-refractivity contribution >= 4 is 35.0 Å². The van der Waals surface area contributed by atoms with Crippen molar-refractivity contribution in [2.24, 2.45) is 10.7 Å². The van der Waals surface area contributed by atoms with Gasteiger partial charge < -0.3 is 19.6 Å². The van der Waals surface area contributed by atoms with E-state index in [2.05, 4.69) is 4.99 Å². The minimum atomic E-state index is -0.433. The number of halogens is 1. The Morgan fingerprint density at radius 1 is 1.44 bits per heavy atom. The Labute approximate surface area is 153 Å². The van der Waals surface area contributed by atoms with Crippen LogP contribution in [0.25, 0.3) is 0 Å². The van der Waals surface area contributed by atoms with Gasteiger partial charge in [-0.25, -0.2) is 0 Å². The molecular weight excluding hydrogens is 370 g/mol. The van der Waals surface area contributed by atoms with Crippen LogP contribution in [0.2, 0.25) is 0 Å². The maximum atomic E-state index is 11.1. The molecule has 1 aliphatic rings. The number of nitro benzene ring substituents is 1. The number of hydrogen-bond acceptors (Lipinski definition) is 7. The molecule has 0 unspecified atom stereocenters. The van der Waals surface area contributed by atoms with Gasteiger partial charge in [-0.3, -0.25) is 15.1 Å². The number of benzene rings is 1. The summed E-state index contributed by atoms with van der Waals surface area (Å²) in [7, 11) is 0. The fraction of sp³-hybridized carbons (Fsp3) is 0.267. The van der Waals surface area contributed by atoms with E-state index in [9.17, 15) is 10.1 Å². The second-order valence-corrected chi connectivity index (χ2v) is 5.98. The van der Waals surface area contributed by atoms with Crippen LogP contribution < -0.4 is 10.5 Å². The molecule has 0 amide bonds. The Morgan fingerprint density at radius 3 is 3.00 bits per heavy atom. The van der Waals surface area contributed by atoms with Gasteiger partial charge in [0.05, 0.1) is 24.3 Å². The SMILES string of the molecule is Cl.NC(=NCc1ccco1)SCc1cc([N+](=O)[O-])cc2c1OCOC2. The maximum Gasteiger partial charge on any atom is 0.270 e. The molecule has 0 spiro atoms. The van der Waals surface area contributed by atoms with E-state index in [0.29, 0.717) is 40.1 Å². The first-order chi connectivity index (χ1) is 11.6. The summed E-state index contributed by atoms with van der Waals surface area (Å²) in [5.41, 5.74) is 7.25. The van der Waals surface area contributed by atoms with Crippen molar-refractivity contribution in [2.75, 3.05) is 6.79 Å². The van der Waals surface area contributed by atoms with Crippen LogP contribution >= 0.6 is 24.2 Å². The highest BCUT2D eigenvalue weighted by molar-refractivity contribution is 8.13. The molecule has 0 atom stereocenters. The van der Waals surface area contributed by atoms with Crippen LogP contribution in [0.4, 0.5) is 5.69 Å². The highest BCUT2D eigenvalue weighted by atomic mass is 35.5. The molecule has 0 saturated heterocycles. The van der Waals surface area contributed by atoms with E-state index in [4.69, 9.17) is 19.6 Å². The van der Waals surface area contributed by atoms with Crippen molar-refractivity contribution in [3.05, 3.63) is 57.5 Å². The van der Waals surface area contributed by atoms with E-state index in [1.165, 1.54) is 23.9 Å². The molecule has 0 aliphatic carbocycles. The number of non-ortho nitro benzene ring substituents is 1. The van der Waals surface area contributed by atoms with E-state index in [0.717, 1.165) is 0 Å². The van der Waals surface area contributed by atoms with Gasteiger partial charge in [0.15, 0.2) is 12.0 Å². The molecule has 1 aromatic carbocycles. The summed E-state index contributed by atoms with van der Waals surface area (Å²) in [6.45, 7) is 0.768. The lowest BCUT2D eigenvalue weighted by Gasteiger charge is -2.20. The van der Waals surface area contributed by atoms with Crippen molar-refractivity contribution < 1.29 is 18.8 Å².